The van der Waals surface area contributed by atoms with Crippen LogP contribution in [-0.4, -0.2) is 135 Å². The topological polar surface area (TPSA) is 43.5 Å². The lowest BCUT2D eigenvalue weighted by Gasteiger charge is -2.43. The molecule has 2 aliphatic heterocycles. The molecule has 0 aromatic heterocycles. The highest BCUT2D eigenvalue weighted by Gasteiger charge is 2.95. The first-order valence-corrected chi connectivity index (χ1v) is 14.4. The fourth-order valence-corrected chi connectivity index (χ4v) is 3.58. The maximum absolute atomic E-state index is 13.7. The minimum Gasteiger partial charge on any atom is -0.376 e. The molecule has 0 radical (unpaired) electrons. The van der Waals surface area contributed by atoms with Gasteiger partial charge in [0.15, 0.2) is 12.3 Å². The fourth-order valence-electron chi connectivity index (χ4n) is 3.58. The normalized spacial score (nSPS) is 21.0. The Morgan fingerprint density at radius 1 is 0.367 bits per heavy atom. The average molecular weight is 976 g/mol. The Labute approximate surface area is 308 Å². The third-order valence-electron chi connectivity index (χ3n) is 7.21. The molecule has 0 saturated carbocycles. The van der Waals surface area contributed by atoms with Gasteiger partial charge in [0.2, 0.25) is 0 Å². The predicted octanol–water partition coefficient (Wildman–Crippen LogP) is 10.9. The number of ether oxygens (including phenoxy) is 4. The minimum atomic E-state index is -9.43. The molecule has 2 saturated heterocycles. The van der Waals surface area contributed by atoms with Crippen LogP contribution in [-0.2, 0) is 18.9 Å². The van der Waals surface area contributed by atoms with E-state index in [0.717, 1.165) is 26.4 Å². The van der Waals surface area contributed by atoms with E-state index in [0.29, 0.717) is 16.9 Å². The van der Waals surface area contributed by atoms with Gasteiger partial charge in [0.25, 0.3) is 0 Å². The average Bonchev–Trinajstić information content (AvgIpc) is 3.95. The third-order valence-corrected chi connectivity index (χ3v) is 7.21. The van der Waals surface area contributed by atoms with Gasteiger partial charge in [-0.2, -0.15) is 132 Å². The molecule has 2 fully saturated rings. The Kier molecular flexibility index (Phi) is 15.1. The highest BCUT2D eigenvalue weighted by molar-refractivity contribution is 5.14. The van der Waals surface area contributed by atoms with E-state index in [4.69, 9.17) is 14.2 Å². The Hall–Kier alpha value is -2.40. The summed E-state index contributed by atoms with van der Waals surface area (Å²) in [6.07, 6.45) is -50.6. The second kappa shape index (κ2) is 16.3. The molecule has 0 aromatic rings. The highest BCUT2D eigenvalue weighted by atomic mass is 19.4. The van der Waals surface area contributed by atoms with Crippen molar-refractivity contribution in [3.05, 3.63) is 0 Å². The van der Waals surface area contributed by atoms with E-state index >= 15 is 0 Å². The van der Waals surface area contributed by atoms with Crippen molar-refractivity contribution < 1.29 is 159 Å². The zero-order chi connectivity index (χ0) is 48.4. The van der Waals surface area contributed by atoms with E-state index in [1.165, 1.54) is 0 Å². The predicted molar refractivity (Wildman–Crippen MR) is 122 cm³/mol. The second-order valence-electron chi connectivity index (χ2n) is 12.0. The largest absolute Gasteiger partial charge is 0.430 e. The lowest BCUT2D eigenvalue weighted by Crippen LogP contribution is -2.74. The van der Waals surface area contributed by atoms with Crippen LogP contribution in [0.15, 0.2) is 0 Å². The minimum absolute atomic E-state index is 0.392. The van der Waals surface area contributed by atoms with Crippen LogP contribution in [0.3, 0.4) is 0 Å². The second-order valence-corrected chi connectivity index (χ2v) is 12.0. The number of hydrogen-bond donors (Lipinski definition) is 0. The van der Waals surface area contributed by atoms with Crippen LogP contribution in [0, 0.1) is 0 Å². The van der Waals surface area contributed by atoms with Gasteiger partial charge in [0.1, 0.15) is 12.2 Å². The van der Waals surface area contributed by atoms with E-state index in [1.807, 2.05) is 0 Å². The molecule has 0 bridgehead atoms. The molecule has 0 aromatic carbocycles. The Morgan fingerprint density at radius 3 is 0.783 bits per heavy atom. The van der Waals surface area contributed by atoms with Gasteiger partial charge in [-0.05, 0) is 0 Å². The number of alkyl halides is 32. The molecule has 0 N–H and O–H groups in total. The first kappa shape index (κ1) is 55.6. The van der Waals surface area contributed by atoms with Crippen LogP contribution in [0.5, 0.6) is 0 Å². The van der Waals surface area contributed by atoms with E-state index in [-0.39, 0.29) is 0 Å². The van der Waals surface area contributed by atoms with Crippen molar-refractivity contribution in [3.8, 4) is 0 Å². The zero-order valence-electron chi connectivity index (χ0n) is 27.3. The van der Waals surface area contributed by atoms with Gasteiger partial charge in [0, 0.05) is 0 Å². The Balaban J connectivity index is 0.00000173. The first-order chi connectivity index (χ1) is 25.9. The molecular formula is C24H16F32O4. The van der Waals surface area contributed by atoms with Crippen molar-refractivity contribution in [2.24, 2.45) is 0 Å². The van der Waals surface area contributed by atoms with E-state index in [1.54, 1.807) is 0 Å². The molecule has 60 heavy (non-hydrogen) atoms. The van der Waals surface area contributed by atoms with Crippen LogP contribution < -0.4 is 0 Å². The van der Waals surface area contributed by atoms with Gasteiger partial charge in [-0.15, -0.1) is 0 Å². The summed E-state index contributed by atoms with van der Waals surface area (Å²) in [5, 5.41) is 0. The Bertz CT molecular complexity index is 1320. The van der Waals surface area contributed by atoms with Crippen molar-refractivity contribution in [1.82, 2.24) is 0 Å². The van der Waals surface area contributed by atoms with Crippen molar-refractivity contribution in [1.29, 1.82) is 0 Å². The van der Waals surface area contributed by atoms with Gasteiger partial charge in [0.05, 0.1) is 39.3 Å². The summed E-state index contributed by atoms with van der Waals surface area (Å²) in [5.74, 6) is -90.1. The SMILES string of the molecule is C(OCC1CO1)C1CO1.FC(CC(F)(F)F)C(F)(F)C(F)(F)C(F)(F)C(F)(F)C(F)(F)C(F)(F)OC(F)(F)C(F)(F)C(F)(F)C(F)(F)C(F)(F)C(F)(F)C(F)CC(F)(F)F. The molecular weight excluding hydrogens is 960 g/mol. The molecule has 4 unspecified atom stereocenters. The van der Waals surface area contributed by atoms with Crippen molar-refractivity contribution in [2.45, 2.75) is 121 Å². The fraction of sp³-hybridized carbons (Fsp3) is 1.00. The summed E-state index contributed by atoms with van der Waals surface area (Å²) >= 11 is 0. The van der Waals surface area contributed by atoms with Crippen LogP contribution in [0.2, 0.25) is 0 Å². The van der Waals surface area contributed by atoms with Crippen molar-refractivity contribution >= 4 is 0 Å². The quantitative estimate of drug-likeness (QED) is 0.0901. The van der Waals surface area contributed by atoms with Crippen LogP contribution in [0.25, 0.3) is 0 Å². The zero-order valence-corrected chi connectivity index (χ0v) is 27.3. The van der Waals surface area contributed by atoms with Crippen LogP contribution in [0.4, 0.5) is 140 Å². The molecule has 4 nitrogen and oxygen atoms in total. The lowest BCUT2D eigenvalue weighted by molar-refractivity contribution is -0.526. The molecule has 36 heteroatoms. The number of halogens is 32. The lowest BCUT2D eigenvalue weighted by atomic mass is 9.90. The monoisotopic (exact) mass is 976 g/mol. The van der Waals surface area contributed by atoms with Gasteiger partial charge in [-0.3, -0.25) is 0 Å². The molecule has 0 amide bonds. The molecule has 0 aliphatic carbocycles. The van der Waals surface area contributed by atoms with Crippen LogP contribution in [0.1, 0.15) is 12.8 Å². The number of rotatable bonds is 20. The third kappa shape index (κ3) is 10.2. The molecule has 0 spiro atoms. The summed E-state index contributed by atoms with van der Waals surface area (Å²) in [6, 6.07) is 0. The summed E-state index contributed by atoms with van der Waals surface area (Å²) in [4.78, 5) is 0. The van der Waals surface area contributed by atoms with E-state index < -0.39 is 109 Å². The number of epoxide rings is 2. The van der Waals surface area contributed by atoms with Gasteiger partial charge < -0.3 is 14.2 Å². The maximum atomic E-state index is 13.7. The molecule has 2 aliphatic rings. The highest BCUT2D eigenvalue weighted by Crippen LogP contribution is 2.65. The van der Waals surface area contributed by atoms with Gasteiger partial charge >= 0.3 is 83.8 Å². The smallest absolute Gasteiger partial charge is 0.376 e. The molecule has 2 rings (SSSR count). The van der Waals surface area contributed by atoms with E-state index in [9.17, 15) is 140 Å². The Morgan fingerprint density at radius 2 is 0.583 bits per heavy atom. The van der Waals surface area contributed by atoms with Gasteiger partial charge in [-0.25, -0.2) is 13.5 Å². The van der Waals surface area contributed by atoms with Gasteiger partial charge in [-0.1, -0.05) is 0 Å². The van der Waals surface area contributed by atoms with E-state index in [2.05, 4.69) is 0 Å². The maximum Gasteiger partial charge on any atom is 0.430 e. The summed E-state index contributed by atoms with van der Waals surface area (Å²) < 4.78 is 439. The molecule has 2 heterocycles. The van der Waals surface area contributed by atoms with Crippen LogP contribution >= 0.6 is 0 Å². The standard InChI is InChI=1S/C18H6F32O.C6H10O3/c19-3(1-5(21,22)23)7(27,28)9(31,32)11(35,36)13(39,40)15(43,44)17(47,48)51-18(49,50)16(45,46)14(41,42)12(37,38)10(33,34)8(29,30)4(20)2-6(24,25)26;1(5-3-8-5)7-2-6-4-9-6/h3-4H,1-2H2;5-6H,1-4H2. The first-order valence-electron chi connectivity index (χ1n) is 14.4. The molecule has 4 atom stereocenters. The summed E-state index contributed by atoms with van der Waals surface area (Å²) in [6.45, 7) is 3.26. The van der Waals surface area contributed by atoms with Crippen molar-refractivity contribution in [3.63, 3.8) is 0 Å². The summed E-state index contributed by atoms with van der Waals surface area (Å²) in [7, 11) is 0. The molecule has 360 valence electrons. The number of hydrogen-bond acceptors (Lipinski definition) is 4. The summed E-state index contributed by atoms with van der Waals surface area (Å²) in [5.41, 5.74) is 0. The van der Waals surface area contributed by atoms with Crippen molar-refractivity contribution in [2.75, 3.05) is 26.4 Å².